The second kappa shape index (κ2) is 8.16. The number of nitrogens with one attached hydrogen (secondary N) is 2. The fourth-order valence-corrected chi connectivity index (χ4v) is 3.34. The second-order valence-electron chi connectivity index (χ2n) is 6.39. The third kappa shape index (κ3) is 4.39. The molecule has 0 saturated carbocycles. The molecule has 2 aromatic rings. The molecule has 2 heterocycles. The molecule has 3 rings (SSSR count). The van der Waals surface area contributed by atoms with Gasteiger partial charge in [-0.1, -0.05) is 18.2 Å². The van der Waals surface area contributed by atoms with Gasteiger partial charge in [-0.3, -0.25) is 9.59 Å². The van der Waals surface area contributed by atoms with Crippen LogP contribution in [0.2, 0.25) is 0 Å². The first-order valence-corrected chi connectivity index (χ1v) is 8.89. The predicted octanol–water partition coefficient (Wildman–Crippen LogP) is 1.85. The van der Waals surface area contributed by atoms with Crippen molar-refractivity contribution in [1.82, 2.24) is 15.2 Å². The molecule has 1 aliphatic heterocycles. The number of amides is 1. The molecule has 1 saturated heterocycles. The summed E-state index contributed by atoms with van der Waals surface area (Å²) < 4.78 is 4.93. The van der Waals surface area contributed by atoms with Crippen LogP contribution in [0.1, 0.15) is 25.3 Å². The number of benzene rings is 1. The highest BCUT2D eigenvalue weighted by Crippen LogP contribution is 2.20. The number of fused-ring (bicyclic) bond motifs is 1. The van der Waals surface area contributed by atoms with Crippen molar-refractivity contribution in [2.75, 3.05) is 26.2 Å². The monoisotopic (exact) mass is 343 g/mol. The molecule has 1 fully saturated rings. The lowest BCUT2D eigenvalue weighted by molar-refractivity contribution is -0.144. The Morgan fingerprint density at radius 2 is 2.20 bits per heavy atom. The number of ether oxygens (including phenoxy) is 1. The fourth-order valence-electron chi connectivity index (χ4n) is 3.34. The number of hydrogen-bond acceptors (Lipinski definition) is 4. The highest BCUT2D eigenvalue weighted by Gasteiger charge is 2.25. The molecule has 0 radical (unpaired) electrons. The van der Waals surface area contributed by atoms with Gasteiger partial charge in [0.1, 0.15) is 0 Å². The van der Waals surface area contributed by atoms with E-state index in [-0.39, 0.29) is 17.9 Å². The molecule has 0 bridgehead atoms. The van der Waals surface area contributed by atoms with Crippen LogP contribution in [0, 0.1) is 0 Å². The normalized spacial score (nSPS) is 17.9. The van der Waals surface area contributed by atoms with Crippen molar-refractivity contribution in [3.05, 3.63) is 36.0 Å². The molecule has 6 heteroatoms. The van der Waals surface area contributed by atoms with E-state index in [2.05, 4.69) is 22.4 Å². The fraction of sp³-hybridized carbons (Fsp3) is 0.474. The zero-order valence-electron chi connectivity index (χ0n) is 14.6. The van der Waals surface area contributed by atoms with E-state index < -0.39 is 0 Å². The molecule has 0 unspecified atom stereocenters. The van der Waals surface area contributed by atoms with Gasteiger partial charge in [0.05, 0.1) is 13.2 Å². The largest absolute Gasteiger partial charge is 0.466 e. The first-order chi connectivity index (χ1) is 12.2. The Kier molecular flexibility index (Phi) is 5.71. The van der Waals surface area contributed by atoms with E-state index in [1.807, 2.05) is 23.2 Å². The number of H-pyrrole nitrogens is 1. The van der Waals surface area contributed by atoms with Gasteiger partial charge in [-0.25, -0.2) is 0 Å². The van der Waals surface area contributed by atoms with Gasteiger partial charge in [-0.2, -0.15) is 0 Å². The van der Waals surface area contributed by atoms with Crippen LogP contribution in [0.25, 0.3) is 10.9 Å². The molecule has 1 atom stereocenters. The lowest BCUT2D eigenvalue weighted by Crippen LogP contribution is -2.55. The summed E-state index contributed by atoms with van der Waals surface area (Å²) >= 11 is 0. The number of carbonyl (C=O) groups is 2. The first kappa shape index (κ1) is 17.5. The Balaban J connectivity index is 1.55. The summed E-state index contributed by atoms with van der Waals surface area (Å²) in [6.45, 7) is 3.82. The number of nitrogens with zero attached hydrogens (tertiary/aromatic N) is 1. The zero-order valence-corrected chi connectivity index (χ0v) is 14.6. The Hall–Kier alpha value is -2.34. The van der Waals surface area contributed by atoms with Crippen LogP contribution < -0.4 is 5.32 Å². The smallest absolute Gasteiger partial charge is 0.305 e. The summed E-state index contributed by atoms with van der Waals surface area (Å²) in [6, 6.07) is 8.47. The van der Waals surface area contributed by atoms with E-state index in [4.69, 9.17) is 4.74 Å². The highest BCUT2D eigenvalue weighted by molar-refractivity contribution is 5.83. The maximum Gasteiger partial charge on any atom is 0.305 e. The Bertz CT molecular complexity index is 740. The Morgan fingerprint density at radius 1 is 1.36 bits per heavy atom. The average Bonchev–Trinajstić information content (AvgIpc) is 3.01. The summed E-state index contributed by atoms with van der Waals surface area (Å²) in [4.78, 5) is 28.7. The maximum absolute atomic E-state index is 12.1. The molecule has 6 nitrogen and oxygen atoms in total. The molecule has 25 heavy (non-hydrogen) atoms. The quantitative estimate of drug-likeness (QED) is 0.753. The molecule has 0 spiro atoms. The van der Waals surface area contributed by atoms with Gasteiger partial charge in [0.2, 0.25) is 5.91 Å². The Labute approximate surface area is 147 Å². The van der Waals surface area contributed by atoms with Crippen LogP contribution in [0.5, 0.6) is 0 Å². The van der Waals surface area contributed by atoms with Crippen molar-refractivity contribution >= 4 is 22.8 Å². The van der Waals surface area contributed by atoms with Crippen LogP contribution in [0.15, 0.2) is 30.5 Å². The number of esters is 1. The lowest BCUT2D eigenvalue weighted by atomic mass is 10.0. The molecule has 2 N–H and O–H groups in total. The molecule has 1 aliphatic rings. The van der Waals surface area contributed by atoms with E-state index >= 15 is 0 Å². The molecular weight excluding hydrogens is 318 g/mol. The number of piperazine rings is 1. The van der Waals surface area contributed by atoms with Crippen molar-refractivity contribution in [1.29, 1.82) is 0 Å². The third-order valence-electron chi connectivity index (χ3n) is 4.59. The number of rotatable bonds is 7. The maximum atomic E-state index is 12.1. The van der Waals surface area contributed by atoms with Crippen LogP contribution in [-0.4, -0.2) is 54.0 Å². The second-order valence-corrected chi connectivity index (χ2v) is 6.39. The Morgan fingerprint density at radius 3 is 3.04 bits per heavy atom. The summed E-state index contributed by atoms with van der Waals surface area (Å²) in [6.07, 6.45) is 3.92. The molecule has 134 valence electrons. The van der Waals surface area contributed by atoms with Crippen molar-refractivity contribution in [2.24, 2.45) is 0 Å². The standard InChI is InChI=1S/C19H25N3O3/c1-2-25-19(24)8-5-9-22-13-15(20-12-18(22)23)10-14-11-21-17-7-4-3-6-16(14)17/h3-4,6-7,11,15,20-21H,2,5,8-10,12-13H2,1H3/t15-/m1/s1. The molecule has 1 amide bonds. The van der Waals surface area contributed by atoms with Gasteiger partial charge in [0.25, 0.3) is 0 Å². The van der Waals surface area contributed by atoms with Gasteiger partial charge in [0.15, 0.2) is 0 Å². The van der Waals surface area contributed by atoms with Crippen molar-refractivity contribution < 1.29 is 14.3 Å². The number of hydrogen-bond donors (Lipinski definition) is 2. The van der Waals surface area contributed by atoms with Crippen LogP contribution in [0.3, 0.4) is 0 Å². The first-order valence-electron chi connectivity index (χ1n) is 8.89. The minimum absolute atomic E-state index is 0.0963. The van der Waals surface area contributed by atoms with E-state index in [0.29, 0.717) is 39.1 Å². The zero-order chi connectivity index (χ0) is 17.6. The van der Waals surface area contributed by atoms with E-state index in [1.165, 1.54) is 10.9 Å². The van der Waals surface area contributed by atoms with Gasteiger partial charge in [-0.15, -0.1) is 0 Å². The van der Waals surface area contributed by atoms with Gasteiger partial charge < -0.3 is 19.9 Å². The molecule has 0 aliphatic carbocycles. The predicted molar refractivity (Wildman–Crippen MR) is 96.2 cm³/mol. The third-order valence-corrected chi connectivity index (χ3v) is 4.59. The minimum atomic E-state index is -0.194. The van der Waals surface area contributed by atoms with Crippen LogP contribution >= 0.6 is 0 Å². The van der Waals surface area contributed by atoms with Crippen LogP contribution in [0.4, 0.5) is 0 Å². The average molecular weight is 343 g/mol. The topological polar surface area (TPSA) is 74.4 Å². The number of aromatic amines is 1. The summed E-state index contributed by atoms with van der Waals surface area (Å²) in [7, 11) is 0. The van der Waals surface area contributed by atoms with E-state index in [1.54, 1.807) is 6.92 Å². The molecule has 1 aromatic carbocycles. The van der Waals surface area contributed by atoms with Gasteiger partial charge in [-0.05, 0) is 31.4 Å². The number of carbonyl (C=O) groups excluding carboxylic acids is 2. The highest BCUT2D eigenvalue weighted by atomic mass is 16.5. The SMILES string of the molecule is CCOC(=O)CCCN1C[C@@H](Cc2c[nH]c3ccccc23)NCC1=O. The summed E-state index contributed by atoms with van der Waals surface area (Å²) in [5.41, 5.74) is 2.39. The van der Waals surface area contributed by atoms with Gasteiger partial charge in [0, 0.05) is 42.7 Å². The van der Waals surface area contributed by atoms with Crippen molar-refractivity contribution in [3.8, 4) is 0 Å². The van der Waals surface area contributed by atoms with E-state index in [9.17, 15) is 9.59 Å². The minimum Gasteiger partial charge on any atom is -0.466 e. The molecular formula is C19H25N3O3. The van der Waals surface area contributed by atoms with E-state index in [0.717, 1.165) is 11.9 Å². The van der Waals surface area contributed by atoms with Crippen LogP contribution in [-0.2, 0) is 20.7 Å². The number of para-hydroxylation sites is 1. The lowest BCUT2D eigenvalue weighted by Gasteiger charge is -2.33. The molecule has 1 aromatic heterocycles. The summed E-state index contributed by atoms with van der Waals surface area (Å²) in [5, 5.41) is 4.56. The van der Waals surface area contributed by atoms with Gasteiger partial charge >= 0.3 is 5.97 Å². The summed E-state index contributed by atoms with van der Waals surface area (Å²) in [5.74, 6) is -0.0977. The van der Waals surface area contributed by atoms with Crippen molar-refractivity contribution in [2.45, 2.75) is 32.2 Å². The van der Waals surface area contributed by atoms with Crippen molar-refractivity contribution in [3.63, 3.8) is 0 Å². The number of aromatic nitrogens is 1.